The molecule has 1 fully saturated rings. The SMILES string of the molecule is O=C1OC(O)([C@H](Cc2ccc(Oc3ncccc3CO)cc2)NC[C@H](O)c2cccc(Cl)c2)OC1=O. The van der Waals surface area contributed by atoms with Gasteiger partial charge in [-0.25, -0.2) is 14.6 Å². The van der Waals surface area contributed by atoms with Crippen LogP contribution in [0, 0.1) is 0 Å². The molecule has 0 amide bonds. The average Bonchev–Trinajstić information content (AvgIpc) is 3.14. The Kier molecular flexibility index (Phi) is 7.82. The number of hydrogen-bond acceptors (Lipinski definition) is 10. The topological polar surface area (TPSA) is 147 Å². The third-order valence-corrected chi connectivity index (χ3v) is 5.71. The fourth-order valence-electron chi connectivity index (χ4n) is 3.61. The van der Waals surface area contributed by atoms with Crippen molar-refractivity contribution >= 4 is 23.5 Å². The quantitative estimate of drug-likeness (QED) is 0.234. The van der Waals surface area contributed by atoms with Gasteiger partial charge in [0.15, 0.2) is 0 Å². The highest BCUT2D eigenvalue weighted by molar-refractivity contribution is 6.31. The fourth-order valence-corrected chi connectivity index (χ4v) is 3.80. The standard InChI is InChI=1S/C25H23ClN2O8/c26-18-5-1-3-16(12-18)20(30)13-28-21(25(33)35-23(31)24(32)36-25)11-15-6-8-19(9-7-15)34-22-17(14-29)4-2-10-27-22/h1-10,12,20-21,28-30,33H,11,13-14H2/t20-,21-/m0/s1. The van der Waals surface area contributed by atoms with Crippen molar-refractivity contribution in [2.75, 3.05) is 6.54 Å². The van der Waals surface area contributed by atoms with Gasteiger partial charge in [-0.15, -0.1) is 0 Å². The number of nitrogens with zero attached hydrogens (tertiary/aromatic N) is 1. The van der Waals surface area contributed by atoms with Gasteiger partial charge in [-0.1, -0.05) is 35.9 Å². The Bertz CT molecular complexity index is 1220. The van der Waals surface area contributed by atoms with E-state index in [1.165, 1.54) is 0 Å². The highest BCUT2D eigenvalue weighted by Crippen LogP contribution is 2.28. The number of pyridine rings is 1. The molecule has 0 aliphatic carbocycles. The van der Waals surface area contributed by atoms with E-state index in [0.29, 0.717) is 27.5 Å². The molecule has 3 aromatic rings. The minimum absolute atomic E-state index is 0.0467. The molecule has 4 N–H and O–H groups in total. The van der Waals surface area contributed by atoms with Gasteiger partial charge in [0.1, 0.15) is 11.8 Å². The highest BCUT2D eigenvalue weighted by atomic mass is 35.5. The number of esters is 2. The van der Waals surface area contributed by atoms with E-state index in [-0.39, 0.29) is 25.5 Å². The van der Waals surface area contributed by atoms with Crippen LogP contribution in [0.2, 0.25) is 5.02 Å². The van der Waals surface area contributed by atoms with Gasteiger partial charge in [0.05, 0.1) is 12.7 Å². The number of aliphatic hydroxyl groups excluding tert-OH is 2. The molecule has 2 heterocycles. The third kappa shape index (κ3) is 5.99. The van der Waals surface area contributed by atoms with E-state index in [1.807, 2.05) is 0 Å². The molecular weight excluding hydrogens is 492 g/mol. The maximum absolute atomic E-state index is 11.6. The summed E-state index contributed by atoms with van der Waals surface area (Å²) in [7, 11) is 0. The first-order valence-corrected chi connectivity index (χ1v) is 11.3. The van der Waals surface area contributed by atoms with Crippen LogP contribution in [0.1, 0.15) is 22.8 Å². The Hall–Kier alpha value is -3.54. The number of cyclic esters (lactones) is 2. The number of aromatic nitrogens is 1. The lowest BCUT2D eigenvalue weighted by Crippen LogP contribution is -2.54. The van der Waals surface area contributed by atoms with E-state index in [2.05, 4.69) is 10.3 Å². The molecule has 1 aromatic heterocycles. The molecule has 0 spiro atoms. The van der Waals surface area contributed by atoms with E-state index in [4.69, 9.17) is 25.8 Å². The number of carbonyl (C=O) groups excluding carboxylic acids is 2. The lowest BCUT2D eigenvalue weighted by molar-refractivity contribution is -0.307. The van der Waals surface area contributed by atoms with Crippen molar-refractivity contribution in [3.8, 4) is 11.6 Å². The third-order valence-electron chi connectivity index (χ3n) is 5.47. The normalized spacial score (nSPS) is 16.2. The number of halogens is 1. The van der Waals surface area contributed by atoms with Crippen molar-refractivity contribution in [1.82, 2.24) is 10.3 Å². The van der Waals surface area contributed by atoms with Gasteiger partial charge < -0.3 is 34.8 Å². The second-order valence-corrected chi connectivity index (χ2v) is 8.45. The van der Waals surface area contributed by atoms with Crippen LogP contribution in [-0.4, -0.2) is 50.8 Å². The molecule has 0 unspecified atom stereocenters. The summed E-state index contributed by atoms with van der Waals surface area (Å²) in [5, 5.41) is 34.1. The minimum atomic E-state index is -2.57. The van der Waals surface area contributed by atoms with Crippen molar-refractivity contribution < 1.29 is 39.1 Å². The summed E-state index contributed by atoms with van der Waals surface area (Å²) in [6.07, 6.45) is 0.574. The van der Waals surface area contributed by atoms with Crippen molar-refractivity contribution in [2.45, 2.75) is 31.1 Å². The predicted molar refractivity (Wildman–Crippen MR) is 126 cm³/mol. The summed E-state index contributed by atoms with van der Waals surface area (Å²) >= 11 is 5.98. The molecule has 1 aliphatic heterocycles. The zero-order valence-electron chi connectivity index (χ0n) is 18.8. The largest absolute Gasteiger partial charge is 0.439 e. The molecule has 10 nitrogen and oxygen atoms in total. The van der Waals surface area contributed by atoms with Crippen LogP contribution in [-0.2, 0) is 32.1 Å². The minimum Gasteiger partial charge on any atom is -0.439 e. The zero-order chi connectivity index (χ0) is 25.7. The van der Waals surface area contributed by atoms with Crippen molar-refractivity contribution in [3.63, 3.8) is 0 Å². The maximum atomic E-state index is 11.6. The van der Waals surface area contributed by atoms with Gasteiger partial charge in [0, 0.05) is 23.3 Å². The average molecular weight is 515 g/mol. The van der Waals surface area contributed by atoms with Crippen LogP contribution in [0.5, 0.6) is 11.6 Å². The van der Waals surface area contributed by atoms with Crippen LogP contribution >= 0.6 is 11.6 Å². The summed E-state index contributed by atoms with van der Waals surface area (Å²) in [6, 6.07) is 15.6. The van der Waals surface area contributed by atoms with Gasteiger partial charge in [-0.3, -0.25) is 0 Å². The molecule has 2 aromatic carbocycles. The summed E-state index contributed by atoms with van der Waals surface area (Å²) in [5.74, 6) is -4.50. The molecule has 188 valence electrons. The molecule has 0 radical (unpaired) electrons. The van der Waals surface area contributed by atoms with E-state index in [0.717, 1.165) is 0 Å². The van der Waals surface area contributed by atoms with E-state index in [1.54, 1.807) is 66.9 Å². The van der Waals surface area contributed by atoms with Crippen LogP contribution in [0.15, 0.2) is 66.9 Å². The number of ether oxygens (including phenoxy) is 3. The van der Waals surface area contributed by atoms with E-state index >= 15 is 0 Å². The van der Waals surface area contributed by atoms with Gasteiger partial charge in [0.25, 0.3) is 0 Å². The number of carbonyl (C=O) groups is 2. The number of rotatable bonds is 10. The number of hydrogen-bond donors (Lipinski definition) is 4. The molecule has 11 heteroatoms. The number of aliphatic hydroxyl groups is 3. The Balaban J connectivity index is 1.49. The molecular formula is C25H23ClN2O8. The molecule has 4 rings (SSSR count). The molecule has 2 atom stereocenters. The molecule has 1 saturated heterocycles. The number of nitrogens with one attached hydrogen (secondary N) is 1. The maximum Gasteiger partial charge on any atom is 0.422 e. The Morgan fingerprint density at radius 3 is 2.44 bits per heavy atom. The lowest BCUT2D eigenvalue weighted by Gasteiger charge is -2.30. The highest BCUT2D eigenvalue weighted by Gasteiger charge is 2.53. The van der Waals surface area contributed by atoms with Crippen LogP contribution in [0.3, 0.4) is 0 Å². The van der Waals surface area contributed by atoms with E-state index in [9.17, 15) is 24.9 Å². The van der Waals surface area contributed by atoms with Gasteiger partial charge in [-0.2, -0.15) is 0 Å². The lowest BCUT2D eigenvalue weighted by atomic mass is 10.0. The molecule has 36 heavy (non-hydrogen) atoms. The first-order chi connectivity index (χ1) is 17.3. The zero-order valence-corrected chi connectivity index (χ0v) is 19.6. The van der Waals surface area contributed by atoms with Gasteiger partial charge >= 0.3 is 17.9 Å². The monoisotopic (exact) mass is 514 g/mol. The first kappa shape index (κ1) is 25.5. The second-order valence-electron chi connectivity index (χ2n) is 8.02. The van der Waals surface area contributed by atoms with Crippen molar-refractivity contribution in [1.29, 1.82) is 0 Å². The van der Waals surface area contributed by atoms with Crippen LogP contribution in [0.4, 0.5) is 0 Å². The smallest absolute Gasteiger partial charge is 0.422 e. The predicted octanol–water partition coefficient (Wildman–Crippen LogP) is 2.00. The molecule has 0 saturated carbocycles. The summed E-state index contributed by atoms with van der Waals surface area (Å²) in [4.78, 5) is 27.4. The van der Waals surface area contributed by atoms with Gasteiger partial charge in [-0.05, 0) is 53.9 Å². The summed E-state index contributed by atoms with van der Waals surface area (Å²) in [6.45, 7) is -0.307. The van der Waals surface area contributed by atoms with Gasteiger partial charge in [0.2, 0.25) is 5.88 Å². The Morgan fingerprint density at radius 1 is 1.06 bits per heavy atom. The van der Waals surface area contributed by atoms with E-state index < -0.39 is 30.1 Å². The van der Waals surface area contributed by atoms with Crippen LogP contribution < -0.4 is 10.1 Å². The van der Waals surface area contributed by atoms with Crippen molar-refractivity contribution in [2.24, 2.45) is 0 Å². The number of benzene rings is 2. The second kappa shape index (κ2) is 11.0. The van der Waals surface area contributed by atoms with Crippen molar-refractivity contribution in [3.05, 3.63) is 88.6 Å². The summed E-state index contributed by atoms with van der Waals surface area (Å²) in [5.41, 5.74) is 1.71. The fraction of sp³-hybridized carbons (Fsp3) is 0.240. The Labute approximate surface area is 211 Å². The Morgan fingerprint density at radius 2 is 1.78 bits per heavy atom. The molecule has 0 bridgehead atoms. The summed E-state index contributed by atoms with van der Waals surface area (Å²) < 4.78 is 15.3. The van der Waals surface area contributed by atoms with Crippen LogP contribution in [0.25, 0.3) is 0 Å². The molecule has 1 aliphatic rings. The first-order valence-electron chi connectivity index (χ1n) is 10.9.